The Morgan fingerprint density at radius 1 is 0.630 bits per heavy atom. The van der Waals surface area contributed by atoms with Crippen LogP contribution >= 0.6 is 0 Å². The minimum absolute atomic E-state index is 0. The molecule has 3 nitrogen and oxygen atoms in total. The Hall–Kier alpha value is -4.93. The summed E-state index contributed by atoms with van der Waals surface area (Å²) in [4.78, 5) is 9.16. The van der Waals surface area contributed by atoms with Crippen molar-refractivity contribution in [2.45, 2.75) is 59.1 Å². The van der Waals surface area contributed by atoms with Crippen LogP contribution in [0.3, 0.4) is 0 Å². The number of nitrogens with zero attached hydrogens (tertiary/aromatic N) is 2. The van der Waals surface area contributed by atoms with Crippen LogP contribution in [0.25, 0.3) is 66.7 Å². The van der Waals surface area contributed by atoms with E-state index in [4.69, 9.17) is 7.16 Å². The molecule has 0 saturated carbocycles. The van der Waals surface area contributed by atoms with Gasteiger partial charge < -0.3 is 14.4 Å². The summed E-state index contributed by atoms with van der Waals surface area (Å²) >= 11 is 0. The summed E-state index contributed by atoms with van der Waals surface area (Å²) in [6, 6.07) is 49.8. The average Bonchev–Trinajstić information content (AvgIpc) is 3.55. The number of aromatic nitrogens is 2. The van der Waals surface area contributed by atoms with Gasteiger partial charge in [-0.2, -0.15) is 0 Å². The summed E-state index contributed by atoms with van der Waals surface area (Å²) in [6.07, 6.45) is 3.77. The van der Waals surface area contributed by atoms with Crippen molar-refractivity contribution in [3.63, 3.8) is 0 Å². The molecule has 0 N–H and O–H groups in total. The monoisotopic (exact) mass is 901 g/mol. The van der Waals surface area contributed by atoms with Crippen LogP contribution in [0.1, 0.15) is 53.4 Å². The molecule has 273 valence electrons. The zero-order valence-electron chi connectivity index (χ0n) is 33.9. The SMILES string of the molecule is C[Si](C)(C)c1ccc(-c2[c-]ccc(-c3ccccc3)c2)nc1.[2H]C(C)(C)c1ccnc(-c2[c-]cc3c(c2)oc2c(C([2H])(C)C)cc(-c4ccccc4)cc23)c1.[Ir]. The van der Waals surface area contributed by atoms with Gasteiger partial charge in [-0.05, 0) is 68.1 Å². The first-order valence-electron chi connectivity index (χ1n) is 19.1. The van der Waals surface area contributed by atoms with Crippen LogP contribution in [0, 0.1) is 12.1 Å². The molecule has 0 unspecified atom stereocenters. The second-order valence-corrected chi connectivity index (χ2v) is 20.0. The smallest absolute Gasteiger partial charge is 0.127 e. The van der Waals surface area contributed by atoms with E-state index in [1.165, 1.54) is 16.3 Å². The van der Waals surface area contributed by atoms with Crippen molar-refractivity contribution in [3.05, 3.63) is 163 Å². The first-order valence-corrected chi connectivity index (χ1v) is 21.6. The topological polar surface area (TPSA) is 38.9 Å². The van der Waals surface area contributed by atoms with Gasteiger partial charge in [-0.3, -0.25) is 0 Å². The standard InChI is InChI=1S/C29H26NO.C20H20NSi.Ir/c1-18(2)21-12-13-30-27(16-21)22-10-11-24-26-15-23(20-8-6-5-7-9-20)14-25(19(3)4)29(26)31-28(24)17-22;1-22(2,3)19-12-13-20(21-15-19)18-11-7-10-17(14-18)16-8-5-4-6-9-16;/h5-9,11-19H,1-4H3;4-10,12-15H,1-3H3;/q2*-1;/i18D,19D;;. The molecule has 0 fully saturated rings. The molecule has 54 heavy (non-hydrogen) atoms. The molecule has 5 aromatic carbocycles. The van der Waals surface area contributed by atoms with Crippen LogP contribution in [-0.2, 0) is 20.1 Å². The maximum atomic E-state index is 8.75. The normalized spacial score (nSPS) is 12.4. The Morgan fingerprint density at radius 3 is 1.94 bits per heavy atom. The van der Waals surface area contributed by atoms with Crippen LogP contribution in [0.5, 0.6) is 0 Å². The van der Waals surface area contributed by atoms with Gasteiger partial charge in [0, 0.05) is 35.2 Å². The van der Waals surface area contributed by atoms with Gasteiger partial charge in [-0.25, -0.2) is 0 Å². The van der Waals surface area contributed by atoms with Gasteiger partial charge in [0.1, 0.15) is 5.58 Å². The van der Waals surface area contributed by atoms with E-state index < -0.39 is 19.9 Å². The number of pyridine rings is 2. The van der Waals surface area contributed by atoms with Crippen molar-refractivity contribution in [2.75, 3.05) is 0 Å². The number of hydrogen-bond acceptors (Lipinski definition) is 3. The van der Waals surface area contributed by atoms with Crippen molar-refractivity contribution in [2.24, 2.45) is 0 Å². The number of hydrogen-bond donors (Lipinski definition) is 0. The summed E-state index contributed by atoms with van der Waals surface area (Å²) < 4.78 is 23.4. The fourth-order valence-corrected chi connectivity index (χ4v) is 7.48. The Balaban J connectivity index is 0.000000202. The number of fused-ring (bicyclic) bond motifs is 3. The molecule has 0 atom stereocenters. The van der Waals surface area contributed by atoms with Crippen molar-refractivity contribution in [1.82, 2.24) is 9.97 Å². The van der Waals surface area contributed by atoms with E-state index in [1.807, 2.05) is 88.5 Å². The predicted molar refractivity (Wildman–Crippen MR) is 226 cm³/mol. The minimum Gasteiger partial charge on any atom is -0.476 e. The molecule has 0 aliphatic rings. The van der Waals surface area contributed by atoms with Gasteiger partial charge in [0.25, 0.3) is 0 Å². The van der Waals surface area contributed by atoms with E-state index in [1.54, 1.807) is 6.20 Å². The Kier molecular flexibility index (Phi) is 11.1. The molecule has 1 radical (unpaired) electrons. The second-order valence-electron chi connectivity index (χ2n) is 15.0. The van der Waals surface area contributed by atoms with Crippen LogP contribution in [-0.4, -0.2) is 18.0 Å². The molecule has 3 heterocycles. The van der Waals surface area contributed by atoms with E-state index in [0.29, 0.717) is 0 Å². The molecule has 3 aromatic heterocycles. The first kappa shape index (κ1) is 36.1. The average molecular weight is 901 g/mol. The summed E-state index contributed by atoms with van der Waals surface area (Å²) in [5.74, 6) is -1.53. The third-order valence-electron chi connectivity index (χ3n) is 9.58. The number of benzene rings is 5. The summed E-state index contributed by atoms with van der Waals surface area (Å²) in [7, 11) is -1.29. The number of rotatable bonds is 7. The van der Waals surface area contributed by atoms with Crippen molar-refractivity contribution in [3.8, 4) is 44.8 Å². The van der Waals surface area contributed by atoms with E-state index in [2.05, 4.69) is 115 Å². The second kappa shape index (κ2) is 16.6. The Bertz CT molecular complexity index is 2590. The van der Waals surface area contributed by atoms with Crippen molar-refractivity contribution < 1.29 is 27.3 Å². The molecule has 0 aliphatic carbocycles. The minimum atomic E-state index is -1.29. The van der Waals surface area contributed by atoms with Crippen LogP contribution in [0.15, 0.2) is 144 Å². The summed E-state index contributed by atoms with van der Waals surface area (Å²) in [6.45, 7) is 14.5. The molecule has 0 amide bonds. The predicted octanol–water partition coefficient (Wildman–Crippen LogP) is 13.1. The zero-order valence-corrected chi connectivity index (χ0v) is 35.3. The Labute approximate surface area is 337 Å². The molecule has 8 rings (SSSR count). The molecular weight excluding hydrogens is 853 g/mol. The summed E-state index contributed by atoms with van der Waals surface area (Å²) in [5.41, 5.74) is 11.4. The van der Waals surface area contributed by atoms with Gasteiger partial charge in [-0.1, -0.05) is 149 Å². The third kappa shape index (κ3) is 8.55. The zero-order chi connectivity index (χ0) is 39.0. The van der Waals surface area contributed by atoms with Crippen LogP contribution < -0.4 is 5.19 Å². The van der Waals surface area contributed by atoms with E-state index in [-0.39, 0.29) is 20.1 Å². The van der Waals surface area contributed by atoms with Gasteiger partial charge in [0.2, 0.25) is 0 Å². The number of furan rings is 1. The Morgan fingerprint density at radius 2 is 1.31 bits per heavy atom. The molecule has 0 bridgehead atoms. The maximum Gasteiger partial charge on any atom is 0.127 e. The first-order chi connectivity index (χ1) is 26.1. The van der Waals surface area contributed by atoms with Crippen LogP contribution in [0.4, 0.5) is 0 Å². The van der Waals surface area contributed by atoms with Gasteiger partial charge in [0.15, 0.2) is 0 Å². The van der Waals surface area contributed by atoms with Crippen molar-refractivity contribution >= 4 is 35.2 Å². The van der Waals surface area contributed by atoms with Gasteiger partial charge in [-0.15, -0.1) is 53.1 Å². The van der Waals surface area contributed by atoms with E-state index >= 15 is 0 Å². The maximum absolute atomic E-state index is 8.75. The molecule has 0 spiro atoms. The largest absolute Gasteiger partial charge is 0.476 e. The molecule has 5 heteroatoms. The summed E-state index contributed by atoms with van der Waals surface area (Å²) in [5, 5.41) is 3.34. The van der Waals surface area contributed by atoms with Gasteiger partial charge in [0.05, 0.1) is 13.7 Å². The van der Waals surface area contributed by atoms with E-state index in [9.17, 15) is 0 Å². The molecular formula is C49H46IrN2OSi-2. The quantitative estimate of drug-likeness (QED) is 0.118. The fourth-order valence-electron chi connectivity index (χ4n) is 6.44. The molecule has 0 aliphatic heterocycles. The van der Waals surface area contributed by atoms with Crippen molar-refractivity contribution in [1.29, 1.82) is 0 Å². The van der Waals surface area contributed by atoms with Gasteiger partial charge >= 0.3 is 0 Å². The van der Waals surface area contributed by atoms with E-state index in [0.717, 1.165) is 66.7 Å². The molecule has 0 saturated heterocycles. The third-order valence-corrected chi connectivity index (χ3v) is 11.6. The fraction of sp³-hybridized carbons (Fsp3) is 0.184. The van der Waals surface area contributed by atoms with Crippen LogP contribution in [0.2, 0.25) is 19.6 Å². The molecule has 8 aromatic rings.